The zero-order valence-corrected chi connectivity index (χ0v) is 14.2. The highest BCUT2D eigenvalue weighted by molar-refractivity contribution is 6.04. The van der Waals surface area contributed by atoms with E-state index < -0.39 is 0 Å². The van der Waals surface area contributed by atoms with Crippen LogP contribution in [0.5, 0.6) is 0 Å². The van der Waals surface area contributed by atoms with Gasteiger partial charge in [0.2, 0.25) is 5.91 Å². The average Bonchev–Trinajstić information content (AvgIpc) is 3.02. The van der Waals surface area contributed by atoms with Crippen molar-refractivity contribution in [1.29, 1.82) is 0 Å². The summed E-state index contributed by atoms with van der Waals surface area (Å²) in [4.78, 5) is 36.4. The maximum atomic E-state index is 12.7. The zero-order valence-electron chi connectivity index (χ0n) is 14.2. The van der Waals surface area contributed by atoms with Crippen LogP contribution in [-0.2, 0) is 17.9 Å². The number of hydrogen-bond acceptors (Lipinski definition) is 4. The van der Waals surface area contributed by atoms with Crippen molar-refractivity contribution in [2.75, 3.05) is 0 Å². The van der Waals surface area contributed by atoms with Crippen molar-refractivity contribution in [2.45, 2.75) is 20.0 Å². The minimum atomic E-state index is -0.264. The number of aromatic amines is 1. The van der Waals surface area contributed by atoms with Crippen LogP contribution in [-0.4, -0.2) is 25.4 Å². The Morgan fingerprint density at radius 3 is 3.00 bits per heavy atom. The molecule has 0 aliphatic heterocycles. The number of nitrogens with zero attached hydrogens (tertiary/aromatic N) is 3. The third-order valence-corrected chi connectivity index (χ3v) is 4.25. The molecule has 3 heterocycles. The summed E-state index contributed by atoms with van der Waals surface area (Å²) in [6.45, 7) is 2.27. The van der Waals surface area contributed by atoms with Crippen molar-refractivity contribution in [3.63, 3.8) is 0 Å². The fourth-order valence-corrected chi connectivity index (χ4v) is 2.93. The van der Waals surface area contributed by atoms with E-state index in [1.54, 1.807) is 18.5 Å². The molecule has 4 aromatic rings. The van der Waals surface area contributed by atoms with E-state index in [2.05, 4.69) is 20.3 Å². The van der Waals surface area contributed by atoms with E-state index in [1.165, 1.54) is 10.9 Å². The molecule has 7 heteroatoms. The fourth-order valence-electron chi connectivity index (χ4n) is 2.93. The molecule has 0 atom stereocenters. The molecule has 4 rings (SSSR count). The molecule has 1 amide bonds. The van der Waals surface area contributed by atoms with Crippen LogP contribution in [0.3, 0.4) is 0 Å². The molecule has 0 bridgehead atoms. The van der Waals surface area contributed by atoms with Gasteiger partial charge >= 0.3 is 0 Å². The number of carbonyl (C=O) groups excluding carboxylic acids is 1. The first-order valence-corrected chi connectivity index (χ1v) is 8.25. The average molecular weight is 347 g/mol. The molecule has 2 N–H and O–H groups in total. The number of H-pyrrole nitrogens is 1. The summed E-state index contributed by atoms with van der Waals surface area (Å²) in [7, 11) is 0. The number of nitrogens with one attached hydrogen (secondary N) is 2. The lowest BCUT2D eigenvalue weighted by atomic mass is 10.2. The van der Waals surface area contributed by atoms with Gasteiger partial charge in [-0.15, -0.1) is 0 Å². The van der Waals surface area contributed by atoms with Gasteiger partial charge in [-0.2, -0.15) is 0 Å². The van der Waals surface area contributed by atoms with Crippen LogP contribution in [0.4, 0.5) is 0 Å². The van der Waals surface area contributed by atoms with E-state index in [9.17, 15) is 9.59 Å². The molecule has 0 spiro atoms. The number of aryl methyl sites for hydroxylation is 1. The van der Waals surface area contributed by atoms with Gasteiger partial charge in [0.1, 0.15) is 17.6 Å². The maximum absolute atomic E-state index is 12.7. The molecule has 0 aliphatic carbocycles. The van der Waals surface area contributed by atoms with Gasteiger partial charge in [0.25, 0.3) is 5.56 Å². The zero-order chi connectivity index (χ0) is 18.1. The number of pyridine rings is 1. The van der Waals surface area contributed by atoms with E-state index in [1.807, 2.05) is 31.2 Å². The lowest BCUT2D eigenvalue weighted by Crippen LogP contribution is -2.32. The Hall–Kier alpha value is -3.48. The van der Waals surface area contributed by atoms with E-state index in [0.29, 0.717) is 17.6 Å². The molecule has 0 radical (unpaired) electrons. The Morgan fingerprint density at radius 1 is 1.31 bits per heavy atom. The number of rotatable bonds is 4. The topological polar surface area (TPSA) is 92.7 Å². The van der Waals surface area contributed by atoms with E-state index >= 15 is 0 Å². The van der Waals surface area contributed by atoms with Crippen molar-refractivity contribution >= 4 is 27.8 Å². The molecule has 0 saturated carbocycles. The third-order valence-electron chi connectivity index (χ3n) is 4.25. The maximum Gasteiger partial charge on any atom is 0.278 e. The summed E-state index contributed by atoms with van der Waals surface area (Å²) in [6.07, 6.45) is 4.78. The summed E-state index contributed by atoms with van der Waals surface area (Å²) in [6, 6.07) is 9.57. The predicted molar refractivity (Wildman–Crippen MR) is 98.7 cm³/mol. The van der Waals surface area contributed by atoms with Crippen LogP contribution in [0.15, 0.2) is 53.8 Å². The van der Waals surface area contributed by atoms with Crippen LogP contribution in [0, 0.1) is 6.92 Å². The van der Waals surface area contributed by atoms with E-state index in [-0.39, 0.29) is 18.0 Å². The van der Waals surface area contributed by atoms with Gasteiger partial charge in [-0.3, -0.25) is 19.1 Å². The van der Waals surface area contributed by atoms with Crippen molar-refractivity contribution in [2.24, 2.45) is 0 Å². The van der Waals surface area contributed by atoms with E-state index in [4.69, 9.17) is 0 Å². The molecule has 0 unspecified atom stereocenters. The van der Waals surface area contributed by atoms with Gasteiger partial charge in [0, 0.05) is 29.8 Å². The number of carbonyl (C=O) groups is 1. The quantitative estimate of drug-likeness (QED) is 0.590. The largest absolute Gasteiger partial charge is 0.350 e. The highest BCUT2D eigenvalue weighted by Crippen LogP contribution is 2.22. The summed E-state index contributed by atoms with van der Waals surface area (Å²) in [5.74, 6) is -0.260. The second kappa shape index (κ2) is 6.44. The molecule has 7 nitrogen and oxygen atoms in total. The van der Waals surface area contributed by atoms with Crippen molar-refractivity contribution in [3.8, 4) is 0 Å². The Morgan fingerprint density at radius 2 is 2.19 bits per heavy atom. The lowest BCUT2D eigenvalue weighted by molar-refractivity contribution is -0.121. The Balaban J connectivity index is 1.59. The molecular formula is C19H17N5O2. The molecule has 26 heavy (non-hydrogen) atoms. The first kappa shape index (κ1) is 16.0. The van der Waals surface area contributed by atoms with Crippen LogP contribution < -0.4 is 10.9 Å². The van der Waals surface area contributed by atoms with Gasteiger partial charge in [0.05, 0.1) is 6.33 Å². The minimum absolute atomic E-state index is 0.0869. The normalized spacial score (nSPS) is 11.1. The molecular weight excluding hydrogens is 330 g/mol. The number of aromatic nitrogens is 4. The Labute approximate surface area is 148 Å². The second-order valence-electron chi connectivity index (χ2n) is 6.21. The van der Waals surface area contributed by atoms with Crippen molar-refractivity contribution < 1.29 is 4.79 Å². The molecule has 130 valence electrons. The fraction of sp³-hybridized carbons (Fsp3) is 0.158. The highest BCUT2D eigenvalue weighted by Gasteiger charge is 2.12. The standard InChI is InChI=1S/C19H17N5O2/c1-12-4-5-15-14(7-12)17-18(23-15)19(26)24(11-22-17)10-16(25)21-9-13-3-2-6-20-8-13/h2-8,11,23H,9-10H2,1H3,(H,21,25). The first-order valence-electron chi connectivity index (χ1n) is 8.25. The Bertz CT molecular complexity index is 1160. The van der Waals surface area contributed by atoms with Crippen molar-refractivity contribution in [1.82, 2.24) is 24.8 Å². The summed E-state index contributed by atoms with van der Waals surface area (Å²) >= 11 is 0. The van der Waals surface area contributed by atoms with Gasteiger partial charge in [-0.05, 0) is 30.7 Å². The monoisotopic (exact) mass is 347 g/mol. The molecule has 3 aromatic heterocycles. The Kier molecular flexibility index (Phi) is 3.96. The minimum Gasteiger partial charge on any atom is -0.350 e. The van der Waals surface area contributed by atoms with Gasteiger partial charge < -0.3 is 10.3 Å². The molecule has 0 saturated heterocycles. The van der Waals surface area contributed by atoms with E-state index in [0.717, 1.165) is 22.0 Å². The van der Waals surface area contributed by atoms with Crippen LogP contribution in [0.1, 0.15) is 11.1 Å². The molecule has 0 aliphatic rings. The van der Waals surface area contributed by atoms with Gasteiger partial charge in [0.15, 0.2) is 0 Å². The van der Waals surface area contributed by atoms with Gasteiger partial charge in [-0.1, -0.05) is 17.7 Å². The number of benzene rings is 1. The SMILES string of the molecule is Cc1ccc2[nH]c3c(=O)n(CC(=O)NCc4cccnc4)cnc3c2c1. The second-order valence-corrected chi connectivity index (χ2v) is 6.21. The molecule has 1 aromatic carbocycles. The van der Waals surface area contributed by atoms with Gasteiger partial charge in [-0.25, -0.2) is 4.98 Å². The third kappa shape index (κ3) is 2.95. The summed E-state index contributed by atoms with van der Waals surface area (Å²) in [5.41, 5.74) is 3.62. The molecule has 0 fully saturated rings. The predicted octanol–water partition coefficient (Wildman–Crippen LogP) is 1.90. The number of fused-ring (bicyclic) bond motifs is 3. The smallest absolute Gasteiger partial charge is 0.278 e. The number of amides is 1. The summed E-state index contributed by atoms with van der Waals surface area (Å²) < 4.78 is 1.31. The van der Waals surface area contributed by atoms with Crippen LogP contribution in [0.2, 0.25) is 0 Å². The van der Waals surface area contributed by atoms with Crippen LogP contribution >= 0.6 is 0 Å². The van der Waals surface area contributed by atoms with Crippen molar-refractivity contribution in [3.05, 3.63) is 70.5 Å². The van der Waals surface area contributed by atoms with Crippen LogP contribution in [0.25, 0.3) is 21.9 Å². The first-order chi connectivity index (χ1) is 12.6. The highest BCUT2D eigenvalue weighted by atomic mass is 16.2. The summed E-state index contributed by atoms with van der Waals surface area (Å²) in [5, 5.41) is 3.69. The number of hydrogen-bond donors (Lipinski definition) is 2. The lowest BCUT2D eigenvalue weighted by Gasteiger charge is -2.07.